The number of nitrogens with zero attached hydrogens (tertiary/aromatic N) is 7. The van der Waals surface area contributed by atoms with Gasteiger partial charge in [-0.3, -0.25) is 0 Å². The Hall–Kier alpha value is -2.85. The molecular weight excluding hydrogens is 422 g/mol. The molecule has 5 heterocycles. The predicted octanol–water partition coefficient (Wildman–Crippen LogP) is 1.38. The summed E-state index contributed by atoms with van der Waals surface area (Å²) >= 11 is 0. The van der Waals surface area contributed by atoms with Gasteiger partial charge in [0.25, 0.3) is 0 Å². The van der Waals surface area contributed by atoms with Crippen LogP contribution in [0.5, 0.6) is 0 Å². The number of aromatic nitrogens is 5. The second-order valence-corrected chi connectivity index (χ2v) is 9.08. The number of tetrazole rings is 1. The van der Waals surface area contributed by atoms with Gasteiger partial charge in [-0.15, -0.1) is 5.10 Å². The number of morpholine rings is 1. The number of hydrogen-bond acceptors (Lipinski definition) is 9. The topological polar surface area (TPSA) is 98.5 Å². The molecule has 0 aromatic carbocycles. The van der Waals surface area contributed by atoms with Gasteiger partial charge in [0.15, 0.2) is 5.82 Å². The van der Waals surface area contributed by atoms with E-state index in [9.17, 15) is 4.79 Å². The minimum absolute atomic E-state index is 0.125. The average molecular weight is 454 g/mol. The van der Waals surface area contributed by atoms with E-state index in [1.54, 1.807) is 11.0 Å². The fraction of sp³-hybridized carbons (Fsp3) is 0.609. The lowest BCUT2D eigenvalue weighted by molar-refractivity contribution is -0.137. The highest BCUT2D eigenvalue weighted by atomic mass is 16.5. The molecule has 10 heteroatoms. The molecule has 0 amide bonds. The summed E-state index contributed by atoms with van der Waals surface area (Å²) in [5.74, 6) is 0.580. The first kappa shape index (κ1) is 22.0. The number of piperidine rings is 1. The Balaban J connectivity index is 1.14. The number of rotatable bonds is 7. The third-order valence-electron chi connectivity index (χ3n) is 6.94. The number of carbonyl (C=O) groups excluding carboxylic acids is 1. The zero-order valence-corrected chi connectivity index (χ0v) is 19.1. The number of likely N-dealkylation sites (tertiary alicyclic amines) is 1. The van der Waals surface area contributed by atoms with Crippen molar-refractivity contribution in [2.75, 3.05) is 45.9 Å². The molecule has 2 aromatic rings. The van der Waals surface area contributed by atoms with E-state index < -0.39 is 0 Å². The van der Waals surface area contributed by atoms with Gasteiger partial charge in [0.1, 0.15) is 12.9 Å². The lowest BCUT2D eigenvalue weighted by atomic mass is 9.88. The number of carbonyl (C=O) groups is 1. The van der Waals surface area contributed by atoms with Crippen molar-refractivity contribution in [3.8, 4) is 5.82 Å². The van der Waals surface area contributed by atoms with Crippen LogP contribution in [-0.4, -0.2) is 92.5 Å². The molecule has 2 aromatic heterocycles. The summed E-state index contributed by atoms with van der Waals surface area (Å²) in [5.41, 5.74) is 3.03. The van der Waals surface area contributed by atoms with Gasteiger partial charge in [0, 0.05) is 38.9 Å². The third kappa shape index (κ3) is 4.77. The summed E-state index contributed by atoms with van der Waals surface area (Å²) in [7, 11) is 0. The summed E-state index contributed by atoms with van der Waals surface area (Å²) in [4.78, 5) is 21.5. The van der Waals surface area contributed by atoms with Crippen LogP contribution in [0.1, 0.15) is 38.2 Å². The van der Waals surface area contributed by atoms with E-state index in [2.05, 4.69) is 43.3 Å². The summed E-state index contributed by atoms with van der Waals surface area (Å²) in [5, 5.41) is 11.2. The molecule has 3 aliphatic heterocycles. The van der Waals surface area contributed by atoms with Crippen molar-refractivity contribution >= 4 is 5.97 Å². The Morgan fingerprint density at radius 3 is 2.76 bits per heavy atom. The number of pyridine rings is 1. The fourth-order valence-corrected chi connectivity index (χ4v) is 5.02. The molecule has 2 saturated heterocycles. The van der Waals surface area contributed by atoms with Crippen LogP contribution in [0.25, 0.3) is 5.82 Å². The lowest BCUT2D eigenvalue weighted by Crippen LogP contribution is -2.56. The van der Waals surface area contributed by atoms with Gasteiger partial charge in [-0.1, -0.05) is 19.4 Å². The van der Waals surface area contributed by atoms with Gasteiger partial charge in [0.05, 0.1) is 23.5 Å². The Labute approximate surface area is 193 Å². The van der Waals surface area contributed by atoms with Crippen molar-refractivity contribution in [1.29, 1.82) is 0 Å². The first-order valence-corrected chi connectivity index (χ1v) is 11.8. The second kappa shape index (κ2) is 9.56. The Bertz CT molecular complexity index is 982. The van der Waals surface area contributed by atoms with Crippen LogP contribution in [0.4, 0.5) is 0 Å². The first-order chi connectivity index (χ1) is 16.2. The summed E-state index contributed by atoms with van der Waals surface area (Å²) < 4.78 is 13.2. The highest BCUT2D eigenvalue weighted by Crippen LogP contribution is 2.34. The number of hydrogen-bond donors (Lipinski definition) is 0. The Morgan fingerprint density at radius 2 is 2.03 bits per heavy atom. The van der Waals surface area contributed by atoms with Crippen molar-refractivity contribution in [1.82, 2.24) is 35.0 Å². The standard InChI is InChI=1S/C23H31N7O3/c1-2-3-19-20(15-32-22(19)31)29-12-13-33-23(16-29)7-10-28(11-8-23)9-6-18-4-5-21(24-14-18)30-17-25-26-27-30/h4-5,14,17H,2-3,6-13,15-16H2,1H3. The highest BCUT2D eigenvalue weighted by molar-refractivity contribution is 5.91. The van der Waals surface area contributed by atoms with Gasteiger partial charge in [-0.05, 0) is 47.7 Å². The molecule has 0 saturated carbocycles. The maximum atomic E-state index is 12.1. The molecule has 3 aliphatic rings. The van der Waals surface area contributed by atoms with Gasteiger partial charge in [-0.25, -0.2) is 9.78 Å². The van der Waals surface area contributed by atoms with E-state index in [0.717, 1.165) is 76.1 Å². The summed E-state index contributed by atoms with van der Waals surface area (Å²) in [6, 6.07) is 4.03. The lowest BCUT2D eigenvalue weighted by Gasteiger charge is -2.48. The minimum Gasteiger partial charge on any atom is -0.456 e. The van der Waals surface area contributed by atoms with Crippen LogP contribution in [-0.2, 0) is 20.7 Å². The smallest absolute Gasteiger partial charge is 0.336 e. The molecule has 176 valence electrons. The fourth-order valence-electron chi connectivity index (χ4n) is 5.02. The van der Waals surface area contributed by atoms with Gasteiger partial charge < -0.3 is 19.3 Å². The van der Waals surface area contributed by atoms with Crippen LogP contribution in [0.15, 0.2) is 35.9 Å². The maximum absolute atomic E-state index is 12.1. The zero-order chi connectivity index (χ0) is 22.7. The summed E-state index contributed by atoms with van der Waals surface area (Å²) in [6.45, 7) is 7.93. The van der Waals surface area contributed by atoms with Crippen LogP contribution >= 0.6 is 0 Å². The molecule has 0 atom stereocenters. The highest BCUT2D eigenvalue weighted by Gasteiger charge is 2.41. The van der Waals surface area contributed by atoms with Crippen molar-refractivity contribution in [2.45, 2.75) is 44.6 Å². The van der Waals surface area contributed by atoms with Crippen LogP contribution < -0.4 is 0 Å². The molecule has 5 rings (SSSR count). The molecule has 10 nitrogen and oxygen atoms in total. The van der Waals surface area contributed by atoms with Crippen molar-refractivity contribution < 1.29 is 14.3 Å². The van der Waals surface area contributed by atoms with Crippen molar-refractivity contribution in [2.24, 2.45) is 0 Å². The van der Waals surface area contributed by atoms with Crippen LogP contribution in [0.2, 0.25) is 0 Å². The van der Waals surface area contributed by atoms with Crippen LogP contribution in [0, 0.1) is 0 Å². The number of esters is 1. The maximum Gasteiger partial charge on any atom is 0.336 e. The van der Waals surface area contributed by atoms with E-state index in [1.165, 1.54) is 5.56 Å². The molecule has 1 spiro atoms. The normalized spacial score (nSPS) is 21.1. The molecule has 33 heavy (non-hydrogen) atoms. The minimum atomic E-state index is -0.136. The molecule has 0 N–H and O–H groups in total. The van der Waals surface area contributed by atoms with Gasteiger partial charge in [0.2, 0.25) is 0 Å². The summed E-state index contributed by atoms with van der Waals surface area (Å²) in [6.07, 6.45) is 8.15. The Morgan fingerprint density at radius 1 is 1.15 bits per heavy atom. The van der Waals surface area contributed by atoms with Gasteiger partial charge >= 0.3 is 5.97 Å². The van der Waals surface area contributed by atoms with E-state index >= 15 is 0 Å². The van der Waals surface area contributed by atoms with Gasteiger partial charge in [-0.2, -0.15) is 4.68 Å². The number of ether oxygens (including phenoxy) is 2. The van der Waals surface area contributed by atoms with E-state index in [-0.39, 0.29) is 11.6 Å². The van der Waals surface area contributed by atoms with E-state index in [0.29, 0.717) is 19.0 Å². The van der Waals surface area contributed by atoms with Crippen molar-refractivity contribution in [3.05, 3.63) is 41.5 Å². The molecule has 0 aliphatic carbocycles. The molecule has 0 unspecified atom stereocenters. The second-order valence-electron chi connectivity index (χ2n) is 9.08. The first-order valence-electron chi connectivity index (χ1n) is 11.8. The number of cyclic esters (lactones) is 1. The quantitative estimate of drug-likeness (QED) is 0.576. The zero-order valence-electron chi connectivity index (χ0n) is 19.1. The monoisotopic (exact) mass is 453 g/mol. The van der Waals surface area contributed by atoms with E-state index in [1.807, 2.05) is 12.3 Å². The molecule has 0 bridgehead atoms. The molecule has 2 fully saturated rings. The molecular formula is C23H31N7O3. The third-order valence-corrected chi connectivity index (χ3v) is 6.94. The SMILES string of the molecule is CCCC1=C(N2CCOC3(CCN(CCc4ccc(-n5cnnn5)nc4)CC3)C2)COC1=O. The Kier molecular flexibility index (Phi) is 6.37. The van der Waals surface area contributed by atoms with E-state index in [4.69, 9.17) is 9.47 Å². The largest absolute Gasteiger partial charge is 0.456 e. The predicted molar refractivity (Wildman–Crippen MR) is 119 cm³/mol. The average Bonchev–Trinajstić information content (AvgIpc) is 3.50. The van der Waals surface area contributed by atoms with Crippen molar-refractivity contribution in [3.63, 3.8) is 0 Å². The van der Waals surface area contributed by atoms with Crippen LogP contribution in [0.3, 0.4) is 0 Å². The molecule has 0 radical (unpaired) electrons.